The third-order valence-electron chi connectivity index (χ3n) is 2.93. The van der Waals surface area contributed by atoms with E-state index in [2.05, 4.69) is 19.2 Å². The lowest BCUT2D eigenvalue weighted by Gasteiger charge is -2.17. The van der Waals surface area contributed by atoms with E-state index in [9.17, 15) is 4.79 Å². The number of amides is 1. The van der Waals surface area contributed by atoms with Crippen LogP contribution in [0.5, 0.6) is 5.75 Å². The number of hydrogen-bond acceptors (Lipinski definition) is 2. The van der Waals surface area contributed by atoms with Crippen LogP contribution < -0.4 is 10.1 Å². The second-order valence-corrected chi connectivity index (χ2v) is 4.59. The molecule has 0 heterocycles. The van der Waals surface area contributed by atoms with E-state index in [1.54, 1.807) is 7.11 Å². The van der Waals surface area contributed by atoms with Gasteiger partial charge in [-0.15, -0.1) is 0 Å². The van der Waals surface area contributed by atoms with Crippen molar-refractivity contribution >= 4 is 5.91 Å². The van der Waals surface area contributed by atoms with E-state index in [4.69, 9.17) is 4.74 Å². The van der Waals surface area contributed by atoms with E-state index in [0.717, 1.165) is 11.3 Å². The number of carbonyl (C=O) groups excluding carboxylic acids is 1. The van der Waals surface area contributed by atoms with Gasteiger partial charge >= 0.3 is 0 Å². The van der Waals surface area contributed by atoms with Crippen molar-refractivity contribution in [3.63, 3.8) is 0 Å². The van der Waals surface area contributed by atoms with Gasteiger partial charge in [-0.1, -0.05) is 32.0 Å². The summed E-state index contributed by atoms with van der Waals surface area (Å²) in [6.45, 7) is 6.20. The van der Waals surface area contributed by atoms with E-state index in [1.165, 1.54) is 0 Å². The van der Waals surface area contributed by atoms with Crippen molar-refractivity contribution in [2.75, 3.05) is 7.11 Å². The van der Waals surface area contributed by atoms with E-state index in [0.29, 0.717) is 12.3 Å². The largest absolute Gasteiger partial charge is 0.496 e. The molecular weight excluding hydrogens is 214 g/mol. The number of nitrogens with one attached hydrogen (secondary N) is 1. The van der Waals surface area contributed by atoms with Gasteiger partial charge in [-0.2, -0.15) is 0 Å². The molecule has 1 unspecified atom stereocenters. The van der Waals surface area contributed by atoms with Gasteiger partial charge in [0.2, 0.25) is 5.91 Å². The first-order valence-corrected chi connectivity index (χ1v) is 5.96. The third-order valence-corrected chi connectivity index (χ3v) is 2.93. The fourth-order valence-corrected chi connectivity index (χ4v) is 1.49. The molecule has 1 N–H and O–H groups in total. The van der Waals surface area contributed by atoms with Crippen molar-refractivity contribution in [3.05, 3.63) is 29.8 Å². The SMILES string of the molecule is COc1ccccc1CC(=O)NC(C)C(C)C. The summed E-state index contributed by atoms with van der Waals surface area (Å²) < 4.78 is 5.22. The molecule has 1 amide bonds. The molecule has 94 valence electrons. The number of hydrogen-bond donors (Lipinski definition) is 1. The number of carbonyl (C=O) groups is 1. The number of benzene rings is 1. The highest BCUT2D eigenvalue weighted by Crippen LogP contribution is 2.17. The Bertz CT molecular complexity index is 374. The first-order valence-electron chi connectivity index (χ1n) is 5.96. The molecule has 1 atom stereocenters. The van der Waals surface area contributed by atoms with Crippen molar-refractivity contribution in [1.29, 1.82) is 0 Å². The summed E-state index contributed by atoms with van der Waals surface area (Å²) in [6.07, 6.45) is 0.362. The Labute approximate surface area is 103 Å². The van der Waals surface area contributed by atoms with E-state index in [1.807, 2.05) is 31.2 Å². The van der Waals surface area contributed by atoms with Crippen LogP contribution in [0.1, 0.15) is 26.3 Å². The topological polar surface area (TPSA) is 38.3 Å². The first kappa shape index (κ1) is 13.6. The summed E-state index contributed by atoms with van der Waals surface area (Å²) in [5, 5.41) is 2.98. The molecule has 1 aromatic carbocycles. The van der Waals surface area contributed by atoms with Crippen LogP contribution in [0.25, 0.3) is 0 Å². The lowest BCUT2D eigenvalue weighted by molar-refractivity contribution is -0.121. The van der Waals surface area contributed by atoms with Crippen molar-refractivity contribution in [2.45, 2.75) is 33.2 Å². The van der Waals surface area contributed by atoms with Crippen molar-refractivity contribution in [1.82, 2.24) is 5.32 Å². The Morgan fingerprint density at radius 3 is 2.53 bits per heavy atom. The van der Waals surface area contributed by atoms with Crippen LogP contribution >= 0.6 is 0 Å². The van der Waals surface area contributed by atoms with Gasteiger partial charge in [-0.05, 0) is 18.9 Å². The molecule has 3 nitrogen and oxygen atoms in total. The van der Waals surface area contributed by atoms with Gasteiger partial charge in [0.05, 0.1) is 13.5 Å². The number of ether oxygens (including phenoxy) is 1. The summed E-state index contributed by atoms with van der Waals surface area (Å²) in [6, 6.07) is 7.79. The summed E-state index contributed by atoms with van der Waals surface area (Å²) in [5.74, 6) is 1.24. The maximum Gasteiger partial charge on any atom is 0.224 e. The molecule has 1 aromatic rings. The van der Waals surface area contributed by atoms with Crippen LogP contribution in [-0.2, 0) is 11.2 Å². The van der Waals surface area contributed by atoms with Crippen LogP contribution in [0.2, 0.25) is 0 Å². The molecule has 0 saturated carbocycles. The summed E-state index contributed by atoms with van der Waals surface area (Å²) in [4.78, 5) is 11.8. The number of methoxy groups -OCH3 is 1. The average Bonchev–Trinajstić information content (AvgIpc) is 2.29. The molecule has 0 spiro atoms. The van der Waals surface area contributed by atoms with Gasteiger partial charge in [-0.25, -0.2) is 0 Å². The fourth-order valence-electron chi connectivity index (χ4n) is 1.49. The summed E-state index contributed by atoms with van der Waals surface area (Å²) in [5.41, 5.74) is 0.920. The van der Waals surface area contributed by atoms with Gasteiger partial charge in [0, 0.05) is 11.6 Å². The van der Waals surface area contributed by atoms with Gasteiger partial charge in [0.1, 0.15) is 5.75 Å². The Morgan fingerprint density at radius 2 is 1.94 bits per heavy atom. The Morgan fingerprint density at radius 1 is 1.29 bits per heavy atom. The molecule has 0 radical (unpaired) electrons. The lowest BCUT2D eigenvalue weighted by atomic mass is 10.1. The van der Waals surface area contributed by atoms with Crippen molar-refractivity contribution in [2.24, 2.45) is 5.92 Å². The van der Waals surface area contributed by atoms with Gasteiger partial charge in [-0.3, -0.25) is 4.79 Å². The van der Waals surface area contributed by atoms with Crippen LogP contribution in [0.15, 0.2) is 24.3 Å². The Hall–Kier alpha value is -1.51. The third kappa shape index (κ3) is 4.10. The lowest BCUT2D eigenvalue weighted by Crippen LogP contribution is -2.37. The molecule has 0 aliphatic heterocycles. The van der Waals surface area contributed by atoms with Gasteiger partial charge in [0.15, 0.2) is 0 Å². The Balaban J connectivity index is 2.62. The zero-order valence-corrected chi connectivity index (χ0v) is 11.0. The van der Waals surface area contributed by atoms with Crippen molar-refractivity contribution in [3.8, 4) is 5.75 Å². The van der Waals surface area contributed by atoms with Crippen LogP contribution in [0, 0.1) is 5.92 Å². The minimum atomic E-state index is 0.0377. The zero-order valence-electron chi connectivity index (χ0n) is 11.0. The van der Waals surface area contributed by atoms with E-state index in [-0.39, 0.29) is 11.9 Å². The molecule has 3 heteroatoms. The normalized spacial score (nSPS) is 12.3. The summed E-state index contributed by atoms with van der Waals surface area (Å²) >= 11 is 0. The molecule has 0 fully saturated rings. The monoisotopic (exact) mass is 235 g/mol. The second kappa shape index (κ2) is 6.28. The van der Waals surface area contributed by atoms with Gasteiger partial charge in [0.25, 0.3) is 0 Å². The van der Waals surface area contributed by atoms with Gasteiger partial charge < -0.3 is 10.1 Å². The number of para-hydroxylation sites is 1. The predicted octanol–water partition coefficient (Wildman–Crippen LogP) is 2.40. The standard InChI is InChI=1S/C14H21NO2/c1-10(2)11(3)15-14(16)9-12-7-5-6-8-13(12)17-4/h5-8,10-11H,9H2,1-4H3,(H,15,16). The highest BCUT2D eigenvalue weighted by molar-refractivity contribution is 5.79. The van der Waals surface area contributed by atoms with Crippen molar-refractivity contribution < 1.29 is 9.53 Å². The average molecular weight is 235 g/mol. The molecule has 0 bridgehead atoms. The van der Waals surface area contributed by atoms with E-state index >= 15 is 0 Å². The smallest absolute Gasteiger partial charge is 0.224 e. The minimum Gasteiger partial charge on any atom is -0.496 e. The summed E-state index contributed by atoms with van der Waals surface area (Å²) in [7, 11) is 1.62. The molecule has 0 aliphatic rings. The predicted molar refractivity (Wildman–Crippen MR) is 69.1 cm³/mol. The molecule has 17 heavy (non-hydrogen) atoms. The molecule has 0 saturated heterocycles. The van der Waals surface area contributed by atoms with Crippen LogP contribution in [0.3, 0.4) is 0 Å². The minimum absolute atomic E-state index is 0.0377. The first-order chi connectivity index (χ1) is 8.04. The van der Waals surface area contributed by atoms with Crippen LogP contribution in [0.4, 0.5) is 0 Å². The molecular formula is C14H21NO2. The fraction of sp³-hybridized carbons (Fsp3) is 0.500. The van der Waals surface area contributed by atoms with Crippen LogP contribution in [-0.4, -0.2) is 19.1 Å². The Kier molecular flexibility index (Phi) is 5.01. The zero-order chi connectivity index (χ0) is 12.8. The molecule has 1 rings (SSSR count). The highest BCUT2D eigenvalue weighted by atomic mass is 16.5. The molecule has 0 aliphatic carbocycles. The highest BCUT2D eigenvalue weighted by Gasteiger charge is 2.12. The van der Waals surface area contributed by atoms with E-state index < -0.39 is 0 Å². The second-order valence-electron chi connectivity index (χ2n) is 4.59. The number of rotatable bonds is 5. The maximum atomic E-state index is 11.8. The maximum absolute atomic E-state index is 11.8. The quantitative estimate of drug-likeness (QED) is 0.851. The molecule has 0 aromatic heterocycles.